The summed E-state index contributed by atoms with van der Waals surface area (Å²) in [4.78, 5) is 0. The molecule has 4 aromatic rings. The molecule has 0 aliphatic heterocycles. The molecule has 0 radical (unpaired) electrons. The molecule has 0 atom stereocenters. The lowest BCUT2D eigenvalue weighted by Crippen LogP contribution is -1.98. The van der Waals surface area contributed by atoms with E-state index in [1.807, 2.05) is 6.21 Å². The van der Waals surface area contributed by atoms with Crippen molar-refractivity contribution in [3.63, 3.8) is 0 Å². The quantitative estimate of drug-likeness (QED) is 0.541. The van der Waals surface area contributed by atoms with Crippen LogP contribution in [0.5, 0.6) is 0 Å². The molecule has 2 aromatic carbocycles. The van der Waals surface area contributed by atoms with Crippen LogP contribution in [0.4, 0.5) is 0 Å². The van der Waals surface area contributed by atoms with Gasteiger partial charge in [-0.1, -0.05) is 48.0 Å². The Balaban J connectivity index is 1.73. The Kier molecular flexibility index (Phi) is 3.67. The molecule has 0 bridgehead atoms. The normalized spacial score (nSPS) is 11.5. The molecule has 2 heterocycles. The van der Waals surface area contributed by atoms with Gasteiger partial charge >= 0.3 is 0 Å². The van der Waals surface area contributed by atoms with Crippen molar-refractivity contribution in [1.29, 1.82) is 0 Å². The van der Waals surface area contributed by atoms with Crippen molar-refractivity contribution in [2.45, 2.75) is 13.5 Å². The predicted molar refractivity (Wildman–Crippen MR) is 95.2 cm³/mol. The van der Waals surface area contributed by atoms with E-state index in [4.69, 9.17) is 0 Å². The first-order valence-corrected chi connectivity index (χ1v) is 7.82. The van der Waals surface area contributed by atoms with Gasteiger partial charge in [-0.05, 0) is 18.6 Å². The van der Waals surface area contributed by atoms with Crippen LogP contribution in [0.15, 0.2) is 72.5 Å². The van der Waals surface area contributed by atoms with E-state index in [1.54, 1.807) is 17.3 Å². The number of hydrogen-bond donors (Lipinski definition) is 0. The van der Waals surface area contributed by atoms with Crippen molar-refractivity contribution < 1.29 is 0 Å². The SMILES string of the molecule is Cc1cccc(Cn2cc(/C=N\n3cnnc3)c3ccccc32)c1. The van der Waals surface area contributed by atoms with E-state index in [0.29, 0.717) is 0 Å². The second-order valence-corrected chi connectivity index (χ2v) is 5.81. The zero-order valence-corrected chi connectivity index (χ0v) is 13.4. The third kappa shape index (κ3) is 2.84. The molecule has 0 saturated carbocycles. The lowest BCUT2D eigenvalue weighted by Gasteiger charge is -2.06. The zero-order valence-electron chi connectivity index (χ0n) is 13.4. The maximum atomic E-state index is 4.37. The largest absolute Gasteiger partial charge is 0.342 e. The maximum absolute atomic E-state index is 4.37. The summed E-state index contributed by atoms with van der Waals surface area (Å²) < 4.78 is 3.85. The van der Waals surface area contributed by atoms with Gasteiger partial charge in [0.05, 0.1) is 6.21 Å². The number of benzene rings is 2. The second kappa shape index (κ2) is 6.12. The van der Waals surface area contributed by atoms with Crippen molar-refractivity contribution in [3.8, 4) is 0 Å². The minimum absolute atomic E-state index is 0.836. The summed E-state index contributed by atoms with van der Waals surface area (Å²) in [5.41, 5.74) is 4.84. The maximum Gasteiger partial charge on any atom is 0.141 e. The molecule has 0 unspecified atom stereocenters. The molecule has 0 N–H and O–H groups in total. The van der Waals surface area contributed by atoms with Gasteiger partial charge in [0.1, 0.15) is 12.7 Å². The number of hydrogen-bond acceptors (Lipinski definition) is 3. The first kappa shape index (κ1) is 14.4. The topological polar surface area (TPSA) is 48.0 Å². The summed E-state index contributed by atoms with van der Waals surface area (Å²) in [6.07, 6.45) is 7.13. The Bertz CT molecular complexity index is 996. The van der Waals surface area contributed by atoms with Gasteiger partial charge < -0.3 is 4.57 Å². The number of aromatic nitrogens is 4. The van der Waals surface area contributed by atoms with Crippen LogP contribution in [0.2, 0.25) is 0 Å². The smallest absolute Gasteiger partial charge is 0.141 e. The van der Waals surface area contributed by atoms with E-state index in [1.165, 1.54) is 22.0 Å². The van der Waals surface area contributed by atoms with Crippen LogP contribution in [0, 0.1) is 6.92 Å². The standard InChI is InChI=1S/C19H17N5/c1-15-5-4-6-16(9-15)11-23-12-17(10-22-24-13-20-21-14-24)18-7-2-3-8-19(18)23/h2-10,12-14H,11H2,1H3/b22-10-. The third-order valence-electron chi connectivity index (χ3n) is 3.99. The van der Waals surface area contributed by atoms with Crippen molar-refractivity contribution in [3.05, 3.63) is 84.1 Å². The molecule has 0 aliphatic rings. The molecule has 118 valence electrons. The van der Waals surface area contributed by atoms with Gasteiger partial charge in [0, 0.05) is 29.2 Å². The lowest BCUT2D eigenvalue weighted by atomic mass is 10.1. The minimum Gasteiger partial charge on any atom is -0.342 e. The summed E-state index contributed by atoms with van der Waals surface area (Å²) in [5, 5.41) is 13.1. The van der Waals surface area contributed by atoms with Crippen LogP contribution in [0.25, 0.3) is 10.9 Å². The van der Waals surface area contributed by atoms with Crippen LogP contribution in [-0.4, -0.2) is 25.7 Å². The highest BCUT2D eigenvalue weighted by molar-refractivity contribution is 5.99. The van der Waals surface area contributed by atoms with Crippen LogP contribution in [0.3, 0.4) is 0 Å². The molecule has 24 heavy (non-hydrogen) atoms. The molecule has 2 aromatic heterocycles. The second-order valence-electron chi connectivity index (χ2n) is 5.81. The van der Waals surface area contributed by atoms with Gasteiger partial charge in [-0.15, -0.1) is 10.2 Å². The molecule has 0 spiro atoms. The zero-order chi connectivity index (χ0) is 16.4. The Labute approximate surface area is 139 Å². The molecule has 0 fully saturated rings. The molecule has 4 rings (SSSR count). The summed E-state index contributed by atoms with van der Waals surface area (Å²) >= 11 is 0. The number of fused-ring (bicyclic) bond motifs is 1. The highest BCUT2D eigenvalue weighted by Crippen LogP contribution is 2.21. The van der Waals surface area contributed by atoms with Crippen molar-refractivity contribution in [2.24, 2.45) is 5.10 Å². The fraction of sp³-hybridized carbons (Fsp3) is 0.105. The Morgan fingerprint density at radius 3 is 2.71 bits per heavy atom. The fourth-order valence-corrected chi connectivity index (χ4v) is 2.90. The molecule has 0 saturated heterocycles. The van der Waals surface area contributed by atoms with Crippen LogP contribution >= 0.6 is 0 Å². The van der Waals surface area contributed by atoms with Crippen molar-refractivity contribution in [1.82, 2.24) is 19.4 Å². The highest BCUT2D eigenvalue weighted by Gasteiger charge is 2.07. The Morgan fingerprint density at radius 1 is 1.04 bits per heavy atom. The average Bonchev–Trinajstić information content (AvgIpc) is 3.22. The average molecular weight is 315 g/mol. The monoisotopic (exact) mass is 315 g/mol. The highest BCUT2D eigenvalue weighted by atomic mass is 15.4. The van der Waals surface area contributed by atoms with Gasteiger partial charge in [0.15, 0.2) is 0 Å². The van der Waals surface area contributed by atoms with Gasteiger partial charge in [-0.2, -0.15) is 5.10 Å². The minimum atomic E-state index is 0.836. The van der Waals surface area contributed by atoms with E-state index in [-0.39, 0.29) is 0 Å². The number of nitrogens with zero attached hydrogens (tertiary/aromatic N) is 5. The molecular formula is C19H17N5. The fourth-order valence-electron chi connectivity index (χ4n) is 2.90. The van der Waals surface area contributed by atoms with E-state index in [0.717, 1.165) is 12.1 Å². The molecular weight excluding hydrogens is 298 g/mol. The van der Waals surface area contributed by atoms with Crippen molar-refractivity contribution >= 4 is 17.1 Å². The van der Waals surface area contributed by atoms with Gasteiger partial charge in [-0.3, -0.25) is 0 Å². The van der Waals surface area contributed by atoms with Crippen molar-refractivity contribution in [2.75, 3.05) is 0 Å². The van der Waals surface area contributed by atoms with Crippen LogP contribution in [-0.2, 0) is 6.54 Å². The summed E-state index contributed by atoms with van der Waals surface area (Å²) in [6, 6.07) is 17.0. The third-order valence-corrected chi connectivity index (χ3v) is 3.99. The number of para-hydroxylation sites is 1. The Hall–Kier alpha value is -3.21. The first-order valence-electron chi connectivity index (χ1n) is 7.82. The van der Waals surface area contributed by atoms with E-state index < -0.39 is 0 Å². The molecule has 0 amide bonds. The molecule has 5 heteroatoms. The van der Waals surface area contributed by atoms with Gasteiger partial charge in [-0.25, -0.2) is 4.68 Å². The van der Waals surface area contributed by atoms with Crippen LogP contribution < -0.4 is 0 Å². The van der Waals surface area contributed by atoms with E-state index in [2.05, 4.69) is 81.5 Å². The number of aryl methyl sites for hydroxylation is 1. The number of rotatable bonds is 4. The summed E-state index contributed by atoms with van der Waals surface area (Å²) in [6.45, 7) is 2.96. The Morgan fingerprint density at radius 2 is 1.88 bits per heavy atom. The molecule has 5 nitrogen and oxygen atoms in total. The predicted octanol–water partition coefficient (Wildman–Crippen LogP) is 3.47. The van der Waals surface area contributed by atoms with Gasteiger partial charge in [0.25, 0.3) is 0 Å². The van der Waals surface area contributed by atoms with Gasteiger partial charge in [0.2, 0.25) is 0 Å². The summed E-state index contributed by atoms with van der Waals surface area (Å²) in [5.74, 6) is 0. The van der Waals surface area contributed by atoms with E-state index in [9.17, 15) is 0 Å². The van der Waals surface area contributed by atoms with E-state index >= 15 is 0 Å². The van der Waals surface area contributed by atoms with Crippen LogP contribution in [0.1, 0.15) is 16.7 Å². The summed E-state index contributed by atoms with van der Waals surface area (Å²) in [7, 11) is 0. The molecule has 0 aliphatic carbocycles. The lowest BCUT2D eigenvalue weighted by molar-refractivity contribution is 0.834. The first-order chi connectivity index (χ1) is 11.8.